The minimum Gasteiger partial charge on any atom is -0.493 e. The normalized spacial score (nSPS) is 15.5. The highest BCUT2D eigenvalue weighted by Crippen LogP contribution is 2.35. The molecule has 0 atom stereocenters. The quantitative estimate of drug-likeness (QED) is 0.435. The second-order valence-electron chi connectivity index (χ2n) is 7.37. The molecular weight excluding hydrogens is 402 g/mol. The first-order valence-electron chi connectivity index (χ1n) is 9.49. The summed E-state index contributed by atoms with van der Waals surface area (Å²) in [6.07, 6.45) is 1.85. The van der Waals surface area contributed by atoms with Crippen molar-refractivity contribution in [3.63, 3.8) is 0 Å². The fourth-order valence-corrected chi connectivity index (χ4v) is 4.19. The highest BCUT2D eigenvalue weighted by Gasteiger charge is 2.32. The molecule has 3 rings (SSSR count). The highest BCUT2D eigenvalue weighted by molar-refractivity contribution is 8.26. The third-order valence-electron chi connectivity index (χ3n) is 4.42. The van der Waals surface area contributed by atoms with E-state index in [4.69, 9.17) is 21.7 Å². The second kappa shape index (κ2) is 9.46. The van der Waals surface area contributed by atoms with Crippen LogP contribution in [-0.4, -0.2) is 28.8 Å². The van der Waals surface area contributed by atoms with Gasteiger partial charge in [0.05, 0.1) is 12.0 Å². The van der Waals surface area contributed by atoms with Gasteiger partial charge in [0.15, 0.2) is 11.5 Å². The van der Waals surface area contributed by atoms with Crippen molar-refractivity contribution in [2.24, 2.45) is 5.92 Å². The molecule has 1 saturated heterocycles. The van der Waals surface area contributed by atoms with Crippen molar-refractivity contribution in [2.75, 3.05) is 13.7 Å². The highest BCUT2D eigenvalue weighted by atomic mass is 32.2. The fraction of sp³-hybridized carbons (Fsp3) is 0.304. The molecule has 4 nitrogen and oxygen atoms in total. The van der Waals surface area contributed by atoms with Gasteiger partial charge in [0.25, 0.3) is 5.91 Å². The smallest absolute Gasteiger partial charge is 0.266 e. The molecule has 1 heterocycles. The van der Waals surface area contributed by atoms with Crippen molar-refractivity contribution < 1.29 is 14.3 Å². The van der Waals surface area contributed by atoms with Gasteiger partial charge in [-0.05, 0) is 42.2 Å². The number of thioether (sulfide) groups is 1. The zero-order valence-corrected chi connectivity index (χ0v) is 18.7. The minimum absolute atomic E-state index is 0.0348. The van der Waals surface area contributed by atoms with Gasteiger partial charge in [0, 0.05) is 6.54 Å². The lowest BCUT2D eigenvalue weighted by Gasteiger charge is -2.16. The summed E-state index contributed by atoms with van der Waals surface area (Å²) < 4.78 is 12.0. The number of methoxy groups -OCH3 is 1. The third-order valence-corrected chi connectivity index (χ3v) is 5.80. The van der Waals surface area contributed by atoms with Crippen molar-refractivity contribution in [1.82, 2.24) is 4.90 Å². The molecule has 2 aromatic rings. The van der Waals surface area contributed by atoms with Crippen LogP contribution in [0.2, 0.25) is 0 Å². The zero-order valence-electron chi connectivity index (χ0n) is 17.1. The van der Waals surface area contributed by atoms with Gasteiger partial charge in [-0.2, -0.15) is 0 Å². The number of carbonyl (C=O) groups is 1. The lowest BCUT2D eigenvalue weighted by atomic mass is 10.1. The van der Waals surface area contributed by atoms with Crippen LogP contribution in [0.15, 0.2) is 47.4 Å². The first kappa shape index (κ1) is 21.4. The van der Waals surface area contributed by atoms with E-state index in [0.29, 0.717) is 39.8 Å². The van der Waals surface area contributed by atoms with E-state index in [1.54, 1.807) is 12.0 Å². The number of ether oxygens (including phenoxy) is 2. The molecule has 0 aliphatic carbocycles. The van der Waals surface area contributed by atoms with Crippen LogP contribution in [0.25, 0.3) is 6.08 Å². The Balaban J connectivity index is 1.74. The maximum atomic E-state index is 12.7. The number of amides is 1. The van der Waals surface area contributed by atoms with Gasteiger partial charge in [-0.3, -0.25) is 9.69 Å². The summed E-state index contributed by atoms with van der Waals surface area (Å²) >= 11 is 6.71. The lowest BCUT2D eigenvalue weighted by molar-refractivity contribution is -0.122. The van der Waals surface area contributed by atoms with Gasteiger partial charge in [-0.25, -0.2) is 0 Å². The van der Waals surface area contributed by atoms with Crippen molar-refractivity contribution >= 4 is 40.3 Å². The molecule has 2 aromatic carbocycles. The molecule has 0 saturated carbocycles. The summed E-state index contributed by atoms with van der Waals surface area (Å²) in [7, 11) is 1.61. The van der Waals surface area contributed by atoms with Crippen LogP contribution >= 0.6 is 24.0 Å². The number of thiocarbonyl (C=S) groups is 1. The predicted octanol–water partition coefficient (Wildman–Crippen LogP) is 5.44. The average molecular weight is 428 g/mol. The maximum Gasteiger partial charge on any atom is 0.266 e. The summed E-state index contributed by atoms with van der Waals surface area (Å²) in [5, 5.41) is 0. The van der Waals surface area contributed by atoms with Crippen LogP contribution < -0.4 is 9.47 Å². The number of carbonyl (C=O) groups excluding carboxylic acids is 1. The summed E-state index contributed by atoms with van der Waals surface area (Å²) in [6.45, 7) is 7.30. The van der Waals surface area contributed by atoms with Crippen LogP contribution in [0, 0.1) is 12.8 Å². The Morgan fingerprint density at radius 1 is 1.14 bits per heavy atom. The van der Waals surface area contributed by atoms with E-state index in [1.807, 2.05) is 24.3 Å². The molecule has 6 heteroatoms. The molecule has 29 heavy (non-hydrogen) atoms. The number of hydrogen-bond acceptors (Lipinski definition) is 5. The molecule has 0 aromatic heterocycles. The topological polar surface area (TPSA) is 38.8 Å². The van der Waals surface area contributed by atoms with Gasteiger partial charge in [0.2, 0.25) is 0 Å². The number of aryl methyl sites for hydroxylation is 1. The largest absolute Gasteiger partial charge is 0.493 e. The van der Waals surface area contributed by atoms with E-state index in [-0.39, 0.29) is 5.91 Å². The van der Waals surface area contributed by atoms with Gasteiger partial charge < -0.3 is 9.47 Å². The Morgan fingerprint density at radius 3 is 2.52 bits per heavy atom. The van der Waals surface area contributed by atoms with Gasteiger partial charge in [-0.15, -0.1) is 0 Å². The number of hydrogen-bond donors (Lipinski definition) is 0. The Hall–Kier alpha value is -2.31. The standard InChI is InChI=1S/C23H25NO3S2/c1-15(2)13-24-22(25)21(29-23(24)28)12-18-9-10-19(20(11-18)26-4)27-14-17-7-5-16(3)6-8-17/h5-12,15H,13-14H2,1-4H3/b21-12-. The van der Waals surface area contributed by atoms with E-state index < -0.39 is 0 Å². The SMILES string of the molecule is COc1cc(/C=C2\SC(=S)N(CC(C)C)C2=O)ccc1OCc1ccc(C)cc1. The molecule has 1 fully saturated rings. The first-order valence-corrected chi connectivity index (χ1v) is 10.7. The van der Waals surface area contributed by atoms with E-state index in [9.17, 15) is 4.79 Å². The monoisotopic (exact) mass is 427 g/mol. The second-order valence-corrected chi connectivity index (χ2v) is 9.05. The molecule has 152 valence electrons. The third kappa shape index (κ3) is 5.40. The van der Waals surface area contributed by atoms with Crippen LogP contribution in [0.5, 0.6) is 11.5 Å². The van der Waals surface area contributed by atoms with E-state index in [2.05, 4.69) is 45.0 Å². The molecule has 0 N–H and O–H groups in total. The molecule has 0 spiro atoms. The first-order chi connectivity index (χ1) is 13.9. The van der Waals surface area contributed by atoms with Crippen molar-refractivity contribution in [2.45, 2.75) is 27.4 Å². The Kier molecular flexibility index (Phi) is 6.98. The summed E-state index contributed by atoms with van der Waals surface area (Å²) in [6, 6.07) is 13.9. The number of benzene rings is 2. The van der Waals surface area contributed by atoms with Crippen molar-refractivity contribution in [1.29, 1.82) is 0 Å². The lowest BCUT2D eigenvalue weighted by Crippen LogP contribution is -2.31. The van der Waals surface area contributed by atoms with Crippen molar-refractivity contribution in [3.05, 3.63) is 64.1 Å². The number of rotatable bonds is 7. The van der Waals surface area contributed by atoms with Crippen LogP contribution in [0.1, 0.15) is 30.5 Å². The van der Waals surface area contributed by atoms with Gasteiger partial charge in [0.1, 0.15) is 10.9 Å². The van der Waals surface area contributed by atoms with E-state index >= 15 is 0 Å². The molecule has 0 bridgehead atoms. The van der Waals surface area contributed by atoms with E-state index in [0.717, 1.165) is 11.1 Å². The van der Waals surface area contributed by atoms with Crippen LogP contribution in [0.4, 0.5) is 0 Å². The summed E-state index contributed by atoms with van der Waals surface area (Å²) in [5.41, 5.74) is 3.18. The zero-order chi connectivity index (χ0) is 21.0. The van der Waals surface area contributed by atoms with Crippen LogP contribution in [-0.2, 0) is 11.4 Å². The molecule has 0 radical (unpaired) electrons. The predicted molar refractivity (Wildman–Crippen MR) is 123 cm³/mol. The van der Waals surface area contributed by atoms with Gasteiger partial charge >= 0.3 is 0 Å². The van der Waals surface area contributed by atoms with Crippen molar-refractivity contribution in [3.8, 4) is 11.5 Å². The summed E-state index contributed by atoms with van der Waals surface area (Å²) in [5.74, 6) is 1.62. The Morgan fingerprint density at radius 2 is 1.86 bits per heavy atom. The van der Waals surface area contributed by atoms with Gasteiger partial charge in [-0.1, -0.05) is 73.7 Å². The maximum absolute atomic E-state index is 12.7. The molecule has 1 aliphatic rings. The molecular formula is C23H25NO3S2. The fourth-order valence-electron chi connectivity index (χ4n) is 2.91. The Bertz CT molecular complexity index is 936. The average Bonchev–Trinajstić information content (AvgIpc) is 2.95. The number of nitrogens with zero attached hydrogens (tertiary/aromatic N) is 1. The molecule has 1 aliphatic heterocycles. The Labute approximate surface area is 181 Å². The minimum atomic E-state index is -0.0348. The van der Waals surface area contributed by atoms with Crippen LogP contribution in [0.3, 0.4) is 0 Å². The molecule has 0 unspecified atom stereocenters. The van der Waals surface area contributed by atoms with E-state index in [1.165, 1.54) is 17.3 Å². The molecule has 1 amide bonds. The summed E-state index contributed by atoms with van der Waals surface area (Å²) in [4.78, 5) is 15.0.